The van der Waals surface area contributed by atoms with Crippen molar-refractivity contribution in [2.24, 2.45) is 5.73 Å². The van der Waals surface area contributed by atoms with E-state index in [9.17, 15) is 4.79 Å². The maximum Gasteiger partial charge on any atom is 0.280 e. The molecule has 0 rings (SSSR count). The molecule has 0 spiro atoms. The minimum atomic E-state index is -0.282. The Hall–Kier alpha value is -0.570. The summed E-state index contributed by atoms with van der Waals surface area (Å²) in [5.41, 5.74) is 4.96. The number of carbonyl (C=O) groups is 1. The normalized spacial score (nSPS) is 14.0. The number of hydrogen-bond acceptors (Lipinski definition) is 2. The summed E-state index contributed by atoms with van der Waals surface area (Å²) in [7, 11) is 3.63. The van der Waals surface area contributed by atoms with E-state index in [1.54, 1.807) is 11.8 Å². The first-order valence-electron chi connectivity index (χ1n) is 2.51. The van der Waals surface area contributed by atoms with E-state index < -0.39 is 0 Å². The molecule has 1 amide bonds. The van der Waals surface area contributed by atoms with E-state index in [1.807, 2.05) is 14.1 Å². The summed E-state index contributed by atoms with van der Waals surface area (Å²) < 4.78 is 0. The van der Waals surface area contributed by atoms with Gasteiger partial charge in [-0.1, -0.05) is 0 Å². The fraction of sp³-hybridized carbons (Fsp3) is 0.800. The molecule has 0 saturated heterocycles. The lowest BCUT2D eigenvalue weighted by atomic mass is 10.3. The zero-order valence-electron chi connectivity index (χ0n) is 5.51. The first-order chi connectivity index (χ1) is 3.55. The van der Waals surface area contributed by atoms with Crippen molar-refractivity contribution < 1.29 is 4.79 Å². The van der Waals surface area contributed by atoms with Crippen LogP contribution >= 0.6 is 0 Å². The van der Waals surface area contributed by atoms with Crippen molar-refractivity contribution in [3.8, 4) is 0 Å². The minimum Gasteiger partial charge on any atom is -0.364 e. The van der Waals surface area contributed by atoms with E-state index in [2.05, 4.69) is 0 Å². The van der Waals surface area contributed by atoms with E-state index in [0.29, 0.717) is 0 Å². The lowest BCUT2D eigenvalue weighted by Gasteiger charge is -2.04. The Balaban J connectivity index is 3.64. The number of nitrogens with two attached hydrogens (primary N) is 1. The highest BCUT2D eigenvalue weighted by atomic mass is 16.1. The quantitative estimate of drug-likeness (QED) is 0.475. The second kappa shape index (κ2) is 2.67. The zero-order valence-corrected chi connectivity index (χ0v) is 5.51. The molecule has 1 unspecified atom stereocenters. The van der Waals surface area contributed by atoms with Crippen molar-refractivity contribution in [1.29, 1.82) is 0 Å². The van der Waals surface area contributed by atoms with Crippen LogP contribution in [0.25, 0.3) is 0 Å². The molecule has 2 N–H and O–H groups in total. The van der Waals surface area contributed by atoms with Crippen LogP contribution in [0.5, 0.6) is 0 Å². The maximum atomic E-state index is 10.3. The Morgan fingerprint density at radius 3 is 2.00 bits per heavy atom. The third kappa shape index (κ3) is 1.93. The summed E-state index contributed by atoms with van der Waals surface area (Å²) in [5, 5.41) is 0. The molecule has 0 fully saturated rings. The molecule has 1 atom stereocenters. The monoisotopic (exact) mass is 116 g/mol. The molecule has 3 nitrogen and oxygen atoms in total. The Labute approximate surface area is 49.5 Å². The van der Waals surface area contributed by atoms with E-state index in [0.717, 1.165) is 0 Å². The molecular formula is C5H12N2O+. The third-order valence-electron chi connectivity index (χ3n) is 1.19. The van der Waals surface area contributed by atoms with Crippen LogP contribution < -0.4 is 10.6 Å². The van der Waals surface area contributed by atoms with Gasteiger partial charge in [0.25, 0.3) is 5.91 Å². The highest BCUT2D eigenvalue weighted by Gasteiger charge is 2.18. The molecule has 0 aromatic heterocycles. The van der Waals surface area contributed by atoms with Gasteiger partial charge in [0, 0.05) is 6.92 Å². The van der Waals surface area contributed by atoms with E-state index in [-0.39, 0.29) is 11.9 Å². The lowest BCUT2D eigenvalue weighted by molar-refractivity contribution is -0.120. The van der Waals surface area contributed by atoms with Gasteiger partial charge in [-0.25, -0.2) is 0 Å². The Morgan fingerprint density at radius 2 is 2.00 bits per heavy atom. The van der Waals surface area contributed by atoms with Gasteiger partial charge >= 0.3 is 0 Å². The van der Waals surface area contributed by atoms with Gasteiger partial charge < -0.3 is 5.73 Å². The fourth-order valence-corrected chi connectivity index (χ4v) is 0.254. The van der Waals surface area contributed by atoms with Crippen LogP contribution in [0.4, 0.5) is 0 Å². The molecular weight excluding hydrogens is 104 g/mol. The topological polar surface area (TPSA) is 49.0 Å². The van der Waals surface area contributed by atoms with Crippen LogP contribution in [-0.4, -0.2) is 26.0 Å². The molecule has 0 aliphatic rings. The van der Waals surface area contributed by atoms with Gasteiger partial charge in [0.05, 0.1) is 0 Å². The molecule has 3 heteroatoms. The van der Waals surface area contributed by atoms with Gasteiger partial charge in [0.15, 0.2) is 0 Å². The third-order valence-corrected chi connectivity index (χ3v) is 1.19. The van der Waals surface area contributed by atoms with Gasteiger partial charge in [0.1, 0.15) is 14.1 Å². The summed E-state index contributed by atoms with van der Waals surface area (Å²) >= 11 is 0. The number of hydrogen-bond donors (Lipinski definition) is 1. The number of rotatable bonds is 2. The molecule has 0 heterocycles. The second-order valence-electron chi connectivity index (χ2n) is 2.04. The van der Waals surface area contributed by atoms with E-state index in [4.69, 9.17) is 5.73 Å². The van der Waals surface area contributed by atoms with Crippen LogP contribution in [0.15, 0.2) is 0 Å². The average molecular weight is 116 g/mol. The van der Waals surface area contributed by atoms with Gasteiger partial charge in [-0.15, -0.1) is 0 Å². The molecule has 0 aliphatic carbocycles. The van der Waals surface area contributed by atoms with Crippen LogP contribution in [0.2, 0.25) is 0 Å². The number of likely N-dealkylation sites (N-methyl/N-ethyl adjacent to an activating group) is 1. The van der Waals surface area contributed by atoms with Crippen LogP contribution in [0, 0.1) is 0 Å². The Bertz CT molecular complexity index is 90.4. The molecule has 47 valence electrons. The largest absolute Gasteiger partial charge is 0.364 e. The van der Waals surface area contributed by atoms with Gasteiger partial charge in [-0.05, 0) is 0 Å². The predicted molar refractivity (Wildman–Crippen MR) is 32.6 cm³/mol. The standard InChI is InChI=1S/C5H12N2O/c1-4(5(6)8)7(2)3/h4H,1-3H3,(H2,6,8)/q+1. The van der Waals surface area contributed by atoms with Crippen LogP contribution in [0.3, 0.4) is 0 Å². The minimum absolute atomic E-state index is 0.157. The molecule has 1 radical (unpaired) electrons. The van der Waals surface area contributed by atoms with Gasteiger partial charge in [-0.2, -0.15) is 4.90 Å². The average Bonchev–Trinajstić information content (AvgIpc) is 1.64. The Morgan fingerprint density at radius 1 is 1.62 bits per heavy atom. The molecule has 8 heavy (non-hydrogen) atoms. The van der Waals surface area contributed by atoms with Gasteiger partial charge in [0.2, 0.25) is 6.04 Å². The molecule has 0 aromatic rings. The van der Waals surface area contributed by atoms with Crippen molar-refractivity contribution >= 4 is 5.91 Å². The summed E-state index contributed by atoms with van der Waals surface area (Å²) in [4.78, 5) is 12.1. The van der Waals surface area contributed by atoms with Crippen molar-refractivity contribution in [2.45, 2.75) is 13.0 Å². The predicted octanol–water partition coefficient (Wildman–Crippen LogP) is -0.740. The van der Waals surface area contributed by atoms with Gasteiger partial charge in [-0.3, -0.25) is 4.79 Å². The molecule has 0 aromatic carbocycles. The number of nitrogens with zero attached hydrogens (tertiary/aromatic N) is 1. The Kier molecular flexibility index (Phi) is 2.48. The first kappa shape index (κ1) is 7.43. The highest BCUT2D eigenvalue weighted by molar-refractivity contribution is 5.79. The van der Waals surface area contributed by atoms with Crippen LogP contribution in [0.1, 0.15) is 6.92 Å². The SMILES string of the molecule is CC(C(N)=O)[N+](C)C. The van der Waals surface area contributed by atoms with E-state index in [1.165, 1.54) is 0 Å². The lowest BCUT2D eigenvalue weighted by Crippen LogP contribution is -2.41. The van der Waals surface area contributed by atoms with E-state index >= 15 is 0 Å². The van der Waals surface area contributed by atoms with Crippen LogP contribution in [-0.2, 0) is 4.79 Å². The highest BCUT2D eigenvalue weighted by Crippen LogP contribution is 1.82. The maximum absolute atomic E-state index is 10.3. The first-order valence-corrected chi connectivity index (χ1v) is 2.51. The summed E-state index contributed by atoms with van der Waals surface area (Å²) in [6.45, 7) is 1.77. The number of amides is 1. The smallest absolute Gasteiger partial charge is 0.280 e. The zero-order chi connectivity index (χ0) is 6.73. The second-order valence-corrected chi connectivity index (χ2v) is 2.04. The summed E-state index contributed by atoms with van der Waals surface area (Å²) in [6.07, 6.45) is 0. The summed E-state index contributed by atoms with van der Waals surface area (Å²) in [6, 6.07) is -0.157. The van der Waals surface area contributed by atoms with Crippen molar-refractivity contribution in [3.05, 3.63) is 0 Å². The van der Waals surface area contributed by atoms with Crippen molar-refractivity contribution in [1.82, 2.24) is 4.90 Å². The number of carbonyl (C=O) groups excluding carboxylic acids is 1. The molecule has 0 saturated carbocycles. The van der Waals surface area contributed by atoms with Crippen molar-refractivity contribution in [3.63, 3.8) is 0 Å². The fourth-order valence-electron chi connectivity index (χ4n) is 0.254. The summed E-state index contributed by atoms with van der Waals surface area (Å²) in [5.74, 6) is -0.282. The molecule has 0 aliphatic heterocycles. The number of primary amides is 1. The van der Waals surface area contributed by atoms with Crippen molar-refractivity contribution in [2.75, 3.05) is 14.1 Å². The molecule has 0 bridgehead atoms.